The van der Waals surface area contributed by atoms with E-state index in [1.54, 1.807) is 18.2 Å². The highest BCUT2D eigenvalue weighted by atomic mass is 35.5. The van der Waals surface area contributed by atoms with Crippen molar-refractivity contribution >= 4 is 35.2 Å². The molecule has 1 aliphatic rings. The zero-order valence-electron chi connectivity index (χ0n) is 12.4. The number of halogens is 2. The molecule has 0 saturated heterocycles. The third-order valence-electron chi connectivity index (χ3n) is 4.06. The van der Waals surface area contributed by atoms with Crippen LogP contribution in [0.15, 0.2) is 23.8 Å². The van der Waals surface area contributed by atoms with E-state index in [0.717, 1.165) is 19.3 Å². The molecule has 2 unspecified atom stereocenters. The van der Waals surface area contributed by atoms with Crippen LogP contribution in [0.1, 0.15) is 38.2 Å². The molecule has 0 aromatic heterocycles. The number of hydrogen-bond donors (Lipinski definition) is 1. The molecule has 2 rings (SSSR count). The second-order valence-electron chi connectivity index (χ2n) is 5.68. The van der Waals surface area contributed by atoms with Gasteiger partial charge in [-0.25, -0.2) is 0 Å². The monoisotopic (exact) mass is 336 g/mol. The molecule has 0 bridgehead atoms. The lowest BCUT2D eigenvalue weighted by atomic mass is 9.86. The lowest BCUT2D eigenvalue weighted by Gasteiger charge is -2.29. The Hall–Kier alpha value is -1.50. The molecule has 0 aliphatic heterocycles. The third-order valence-corrected chi connectivity index (χ3v) is 4.62. The zero-order valence-corrected chi connectivity index (χ0v) is 13.9. The Balaban J connectivity index is 2.15. The number of rotatable bonds is 3. The molecule has 0 spiro atoms. The minimum atomic E-state index is -0.340. The average Bonchev–Trinajstić information content (AvgIpc) is 2.49. The molecule has 1 aromatic carbocycles. The summed E-state index contributed by atoms with van der Waals surface area (Å²) in [5.41, 5.74) is 0.663. The Bertz CT molecular complexity index is 634. The minimum absolute atomic E-state index is 0.0574. The van der Waals surface area contributed by atoms with Gasteiger partial charge in [0.25, 0.3) is 5.91 Å². The molecule has 1 amide bonds. The standard InChI is InChI=1S/C17H18Cl2N2O/c1-11-4-2-3-5-16(11)21-17(22)13(10-20)8-12-6-7-14(18)9-15(12)19/h6-9,11,16H,2-5H2,1H3,(H,21,22)/b13-8-. The first kappa shape index (κ1) is 16.9. The van der Waals surface area contributed by atoms with Crippen molar-refractivity contribution in [1.82, 2.24) is 5.32 Å². The lowest BCUT2D eigenvalue weighted by Crippen LogP contribution is -2.41. The molecule has 116 valence electrons. The van der Waals surface area contributed by atoms with Gasteiger partial charge in [-0.1, -0.05) is 49.0 Å². The maximum Gasteiger partial charge on any atom is 0.262 e. The Morgan fingerprint density at radius 1 is 1.36 bits per heavy atom. The molecule has 22 heavy (non-hydrogen) atoms. The molecule has 1 aromatic rings. The van der Waals surface area contributed by atoms with Crippen molar-refractivity contribution < 1.29 is 4.79 Å². The summed E-state index contributed by atoms with van der Waals surface area (Å²) >= 11 is 11.9. The van der Waals surface area contributed by atoms with E-state index in [-0.39, 0.29) is 17.5 Å². The predicted molar refractivity (Wildman–Crippen MR) is 89.6 cm³/mol. The fraction of sp³-hybridized carbons (Fsp3) is 0.412. The van der Waals surface area contributed by atoms with Crippen LogP contribution in [0.5, 0.6) is 0 Å². The topological polar surface area (TPSA) is 52.9 Å². The van der Waals surface area contributed by atoms with Gasteiger partial charge in [0.2, 0.25) is 0 Å². The fourth-order valence-corrected chi connectivity index (χ4v) is 3.16. The number of amides is 1. The van der Waals surface area contributed by atoms with Crippen molar-refractivity contribution in [2.45, 2.75) is 38.6 Å². The van der Waals surface area contributed by atoms with Crippen LogP contribution in [0, 0.1) is 17.2 Å². The number of carbonyl (C=O) groups excluding carboxylic acids is 1. The predicted octanol–water partition coefficient (Wildman–Crippen LogP) is 4.60. The molecular weight excluding hydrogens is 319 g/mol. The Labute approximate surface area is 140 Å². The van der Waals surface area contributed by atoms with Crippen LogP contribution in [0.2, 0.25) is 10.0 Å². The maximum absolute atomic E-state index is 12.3. The summed E-state index contributed by atoms with van der Waals surface area (Å²) in [6.07, 6.45) is 5.90. The van der Waals surface area contributed by atoms with E-state index in [9.17, 15) is 10.1 Å². The molecule has 0 radical (unpaired) electrons. The van der Waals surface area contributed by atoms with Crippen molar-refractivity contribution in [3.63, 3.8) is 0 Å². The summed E-state index contributed by atoms with van der Waals surface area (Å²) in [5.74, 6) is 0.101. The van der Waals surface area contributed by atoms with Gasteiger partial charge in [0.15, 0.2) is 0 Å². The second-order valence-corrected chi connectivity index (χ2v) is 6.52. The van der Waals surface area contributed by atoms with Gasteiger partial charge in [0.05, 0.1) is 0 Å². The first-order chi connectivity index (χ1) is 10.5. The number of nitrogens with one attached hydrogen (secondary N) is 1. The second kappa shape index (κ2) is 7.67. The van der Waals surface area contributed by atoms with E-state index in [4.69, 9.17) is 23.2 Å². The van der Waals surface area contributed by atoms with Crippen LogP contribution in [-0.4, -0.2) is 11.9 Å². The van der Waals surface area contributed by atoms with Gasteiger partial charge in [-0.3, -0.25) is 4.79 Å². The largest absolute Gasteiger partial charge is 0.348 e. The van der Waals surface area contributed by atoms with Gasteiger partial charge >= 0.3 is 0 Å². The normalized spacial score (nSPS) is 22.0. The van der Waals surface area contributed by atoms with Crippen molar-refractivity contribution in [3.05, 3.63) is 39.4 Å². The van der Waals surface area contributed by atoms with Crippen LogP contribution in [0.3, 0.4) is 0 Å². The molecule has 2 atom stereocenters. The SMILES string of the molecule is CC1CCCCC1NC(=O)/C(C#N)=C\c1ccc(Cl)cc1Cl. The van der Waals surface area contributed by atoms with Crippen LogP contribution >= 0.6 is 23.2 Å². The Morgan fingerprint density at radius 3 is 2.73 bits per heavy atom. The molecule has 1 N–H and O–H groups in total. The summed E-state index contributed by atoms with van der Waals surface area (Å²) in [7, 11) is 0. The molecule has 0 heterocycles. The lowest BCUT2D eigenvalue weighted by molar-refractivity contribution is -0.118. The summed E-state index contributed by atoms with van der Waals surface area (Å²) < 4.78 is 0. The van der Waals surface area contributed by atoms with Crippen LogP contribution < -0.4 is 5.32 Å². The zero-order chi connectivity index (χ0) is 16.1. The fourth-order valence-electron chi connectivity index (χ4n) is 2.70. The highest BCUT2D eigenvalue weighted by Gasteiger charge is 2.24. The molecule has 1 fully saturated rings. The van der Waals surface area contributed by atoms with E-state index in [1.165, 1.54) is 12.5 Å². The van der Waals surface area contributed by atoms with Gasteiger partial charge in [-0.05, 0) is 42.5 Å². The van der Waals surface area contributed by atoms with Gasteiger partial charge in [0.1, 0.15) is 11.6 Å². The maximum atomic E-state index is 12.3. The molecule has 1 aliphatic carbocycles. The summed E-state index contributed by atoms with van der Waals surface area (Å²) in [4.78, 5) is 12.3. The highest BCUT2D eigenvalue weighted by Crippen LogP contribution is 2.25. The van der Waals surface area contributed by atoms with Gasteiger partial charge in [0, 0.05) is 16.1 Å². The summed E-state index contributed by atoms with van der Waals surface area (Å²) in [5, 5.41) is 13.2. The smallest absolute Gasteiger partial charge is 0.262 e. The molecule has 1 saturated carbocycles. The average molecular weight is 337 g/mol. The van der Waals surface area contributed by atoms with E-state index in [1.807, 2.05) is 6.07 Å². The third kappa shape index (κ3) is 4.25. The van der Waals surface area contributed by atoms with Crippen molar-refractivity contribution in [2.75, 3.05) is 0 Å². The van der Waals surface area contributed by atoms with Gasteiger partial charge < -0.3 is 5.32 Å². The van der Waals surface area contributed by atoms with Crippen molar-refractivity contribution in [3.8, 4) is 6.07 Å². The number of nitriles is 1. The highest BCUT2D eigenvalue weighted by molar-refractivity contribution is 6.35. The van der Waals surface area contributed by atoms with E-state index < -0.39 is 0 Å². The first-order valence-corrected chi connectivity index (χ1v) is 8.14. The Morgan fingerprint density at radius 2 is 2.09 bits per heavy atom. The van der Waals surface area contributed by atoms with E-state index in [2.05, 4.69) is 12.2 Å². The van der Waals surface area contributed by atoms with E-state index >= 15 is 0 Å². The number of hydrogen-bond acceptors (Lipinski definition) is 2. The van der Waals surface area contributed by atoms with Crippen molar-refractivity contribution in [1.29, 1.82) is 5.26 Å². The van der Waals surface area contributed by atoms with Crippen LogP contribution in [0.25, 0.3) is 6.08 Å². The quantitative estimate of drug-likeness (QED) is 0.648. The summed E-state index contributed by atoms with van der Waals surface area (Å²) in [6.45, 7) is 2.13. The van der Waals surface area contributed by atoms with Crippen LogP contribution in [0.4, 0.5) is 0 Å². The van der Waals surface area contributed by atoms with Crippen molar-refractivity contribution in [2.24, 2.45) is 5.92 Å². The number of benzene rings is 1. The first-order valence-electron chi connectivity index (χ1n) is 7.39. The molecule has 3 nitrogen and oxygen atoms in total. The summed E-state index contributed by atoms with van der Waals surface area (Å²) in [6, 6.07) is 7.05. The number of nitrogens with zero attached hydrogens (tertiary/aromatic N) is 1. The molecule has 5 heteroatoms. The van der Waals surface area contributed by atoms with Gasteiger partial charge in [-0.15, -0.1) is 0 Å². The molecular formula is C17H18Cl2N2O. The minimum Gasteiger partial charge on any atom is -0.348 e. The number of carbonyl (C=O) groups is 1. The Kier molecular flexibility index (Phi) is 5.88. The van der Waals surface area contributed by atoms with Gasteiger partial charge in [-0.2, -0.15) is 5.26 Å². The van der Waals surface area contributed by atoms with E-state index in [0.29, 0.717) is 21.5 Å². The van der Waals surface area contributed by atoms with Crippen LogP contribution in [-0.2, 0) is 4.79 Å².